The molecule has 4 heterocycles. The van der Waals surface area contributed by atoms with Gasteiger partial charge in [0.15, 0.2) is 15.6 Å². The van der Waals surface area contributed by atoms with Crippen molar-refractivity contribution < 1.29 is 27.5 Å². The molecule has 2 atom stereocenters. The number of H-pyrrole nitrogens is 1. The van der Waals surface area contributed by atoms with Crippen LogP contribution in [0, 0.1) is 11.8 Å². The quantitative estimate of drug-likeness (QED) is 0.480. The van der Waals surface area contributed by atoms with Gasteiger partial charge in [0.05, 0.1) is 25.5 Å². The number of pyridine rings is 1. The van der Waals surface area contributed by atoms with Gasteiger partial charge in [0, 0.05) is 49.3 Å². The molecule has 5 rings (SSSR count). The molecule has 0 radical (unpaired) electrons. The molecule has 1 saturated carbocycles. The van der Waals surface area contributed by atoms with Crippen molar-refractivity contribution in [1.29, 1.82) is 0 Å². The smallest absolute Gasteiger partial charge is 0.252 e. The van der Waals surface area contributed by atoms with Crippen LogP contribution in [0.4, 0.5) is 0 Å². The van der Waals surface area contributed by atoms with Crippen LogP contribution < -0.4 is 10.9 Å². The summed E-state index contributed by atoms with van der Waals surface area (Å²) in [5, 5.41) is 1.64. The van der Waals surface area contributed by atoms with E-state index >= 15 is 0 Å². The number of rotatable bonds is 8. The largest absolute Gasteiger partial charge is 0.379 e. The van der Waals surface area contributed by atoms with Crippen LogP contribution in [0.3, 0.4) is 0 Å². The van der Waals surface area contributed by atoms with E-state index in [0.29, 0.717) is 38.4 Å². The van der Waals surface area contributed by atoms with Gasteiger partial charge < -0.3 is 19.9 Å². The molecule has 212 valence electrons. The van der Waals surface area contributed by atoms with Crippen molar-refractivity contribution >= 4 is 27.4 Å². The van der Waals surface area contributed by atoms with Gasteiger partial charge in [-0.2, -0.15) is 0 Å². The maximum atomic E-state index is 14.3. The molecule has 1 aromatic heterocycles. The number of carbonyl (C=O) groups excluding carboxylic acids is 3. The molecule has 2 unspecified atom stereocenters. The molecule has 12 heteroatoms. The third kappa shape index (κ3) is 5.96. The van der Waals surface area contributed by atoms with Crippen LogP contribution in [0.25, 0.3) is 0 Å². The Kier molecular flexibility index (Phi) is 8.22. The van der Waals surface area contributed by atoms with Crippen molar-refractivity contribution in [2.24, 2.45) is 11.8 Å². The first-order valence-electron chi connectivity index (χ1n) is 13.8. The molecule has 0 aromatic carbocycles. The van der Waals surface area contributed by atoms with Gasteiger partial charge in [-0.25, -0.2) is 8.42 Å². The number of morpholine rings is 1. The first-order chi connectivity index (χ1) is 18.7. The Morgan fingerprint density at radius 3 is 2.56 bits per heavy atom. The molecule has 4 aliphatic rings. The summed E-state index contributed by atoms with van der Waals surface area (Å²) in [4.78, 5) is 58.0. The number of hydrogen-bond acceptors (Lipinski definition) is 8. The van der Waals surface area contributed by atoms with E-state index in [-0.39, 0.29) is 48.3 Å². The van der Waals surface area contributed by atoms with Gasteiger partial charge in [0.2, 0.25) is 11.8 Å². The van der Waals surface area contributed by atoms with Gasteiger partial charge in [-0.3, -0.25) is 24.1 Å². The third-order valence-corrected chi connectivity index (χ3v) is 10.2. The average Bonchev–Trinajstić information content (AvgIpc) is 3.50. The van der Waals surface area contributed by atoms with Crippen LogP contribution in [-0.2, 0) is 34.7 Å². The summed E-state index contributed by atoms with van der Waals surface area (Å²) in [7, 11) is -4.07. The second-order valence-corrected chi connectivity index (χ2v) is 13.1. The minimum atomic E-state index is -4.07. The molecule has 1 saturated heterocycles. The lowest BCUT2D eigenvalue weighted by Gasteiger charge is -2.34. The number of nitrogens with one attached hydrogen (secondary N) is 2. The fourth-order valence-electron chi connectivity index (χ4n) is 6.25. The maximum Gasteiger partial charge on any atom is 0.252 e. The number of amides is 2. The zero-order valence-electron chi connectivity index (χ0n) is 22.0. The van der Waals surface area contributed by atoms with Gasteiger partial charge in [-0.15, -0.1) is 0 Å². The highest BCUT2D eigenvalue weighted by Gasteiger charge is 2.49. The number of carbonyl (C=O) groups is 3. The lowest BCUT2D eigenvalue weighted by molar-refractivity contribution is -0.143. The molecule has 2 amide bonds. The van der Waals surface area contributed by atoms with E-state index in [0.717, 1.165) is 37.0 Å². The van der Waals surface area contributed by atoms with E-state index in [4.69, 9.17) is 4.74 Å². The van der Waals surface area contributed by atoms with Crippen molar-refractivity contribution in [3.05, 3.63) is 45.6 Å². The van der Waals surface area contributed by atoms with E-state index < -0.39 is 38.3 Å². The number of ether oxygens (including phenoxy) is 1. The fourth-order valence-corrected chi connectivity index (χ4v) is 8.05. The summed E-state index contributed by atoms with van der Waals surface area (Å²) in [6, 6.07) is 2.99. The lowest BCUT2D eigenvalue weighted by atomic mass is 9.81. The second-order valence-electron chi connectivity index (χ2n) is 10.9. The minimum Gasteiger partial charge on any atom is -0.379 e. The third-order valence-electron chi connectivity index (χ3n) is 8.30. The van der Waals surface area contributed by atoms with E-state index in [1.54, 1.807) is 11.0 Å². The molecule has 11 nitrogen and oxygen atoms in total. The summed E-state index contributed by atoms with van der Waals surface area (Å²) in [5.74, 6) is -2.05. The lowest BCUT2D eigenvalue weighted by Crippen LogP contribution is -2.48. The Morgan fingerprint density at radius 2 is 1.85 bits per heavy atom. The standard InChI is InChI=1S/C27H36N4O7S/c32-22-16-29-21-15-24(39(36,37)17-19-7-4-8-28-26(19)34)31(25(21)22)27(35)20(13-18-5-2-1-3-6-18)14-23(33)30-9-11-38-12-10-30/h4,7-8,18,20,24,29H,1-3,5-6,9-17H2,(H,28,34). The van der Waals surface area contributed by atoms with Crippen molar-refractivity contribution in [3.63, 3.8) is 0 Å². The summed E-state index contributed by atoms with van der Waals surface area (Å²) < 4.78 is 32.7. The van der Waals surface area contributed by atoms with Crippen LogP contribution in [0.15, 0.2) is 34.5 Å². The van der Waals surface area contributed by atoms with E-state index in [1.165, 1.54) is 12.3 Å². The number of nitrogens with zero attached hydrogens (tertiary/aromatic N) is 2. The van der Waals surface area contributed by atoms with Gasteiger partial charge in [-0.1, -0.05) is 38.2 Å². The first-order valence-corrected chi connectivity index (χ1v) is 15.5. The Bertz CT molecular complexity index is 1310. The number of sulfone groups is 1. The average molecular weight is 561 g/mol. The Morgan fingerprint density at radius 1 is 1.10 bits per heavy atom. The summed E-state index contributed by atoms with van der Waals surface area (Å²) in [6.45, 7) is 1.78. The van der Waals surface area contributed by atoms with Crippen LogP contribution in [0.2, 0.25) is 0 Å². The highest BCUT2D eigenvalue weighted by atomic mass is 32.2. The molecule has 39 heavy (non-hydrogen) atoms. The highest BCUT2D eigenvalue weighted by Crippen LogP contribution is 2.38. The van der Waals surface area contributed by atoms with Crippen molar-refractivity contribution in [2.45, 2.75) is 62.5 Å². The Hall–Kier alpha value is -2.99. The van der Waals surface area contributed by atoms with Gasteiger partial charge in [0.1, 0.15) is 11.1 Å². The Labute approximate surface area is 227 Å². The number of aromatic amines is 1. The molecular formula is C27H36N4O7S. The van der Waals surface area contributed by atoms with E-state index in [9.17, 15) is 27.6 Å². The monoisotopic (exact) mass is 560 g/mol. The van der Waals surface area contributed by atoms with Crippen LogP contribution in [0.1, 0.15) is 56.9 Å². The molecule has 2 N–H and O–H groups in total. The predicted octanol–water partition coefficient (Wildman–Crippen LogP) is 1.07. The van der Waals surface area contributed by atoms with Crippen molar-refractivity contribution in [1.82, 2.24) is 20.1 Å². The molecule has 2 fully saturated rings. The second kappa shape index (κ2) is 11.6. The van der Waals surface area contributed by atoms with Gasteiger partial charge >= 0.3 is 0 Å². The molecule has 1 aromatic rings. The first kappa shape index (κ1) is 27.6. The van der Waals surface area contributed by atoms with Crippen molar-refractivity contribution in [3.8, 4) is 0 Å². The number of aromatic nitrogens is 1. The SMILES string of the molecule is O=C1CNC2=C1N(C(=O)C(CC(=O)N1CCOCC1)CC1CCCCC1)C(S(=O)(=O)Cc1ccc[nH]c1=O)C2. The zero-order valence-corrected chi connectivity index (χ0v) is 22.8. The summed E-state index contributed by atoms with van der Waals surface area (Å²) in [6.07, 6.45) is 6.99. The molecule has 3 aliphatic heterocycles. The minimum absolute atomic E-state index is 0.000429. The number of hydrogen-bond donors (Lipinski definition) is 2. The van der Waals surface area contributed by atoms with Crippen molar-refractivity contribution in [2.75, 3.05) is 32.8 Å². The molecule has 0 bridgehead atoms. The van der Waals surface area contributed by atoms with Gasteiger partial charge in [0.25, 0.3) is 5.56 Å². The van der Waals surface area contributed by atoms with E-state index in [2.05, 4.69) is 10.3 Å². The highest BCUT2D eigenvalue weighted by molar-refractivity contribution is 7.91. The number of ketones is 1. The fraction of sp³-hybridized carbons (Fsp3) is 0.630. The van der Waals surface area contributed by atoms with Gasteiger partial charge in [-0.05, 0) is 18.4 Å². The molecule has 0 spiro atoms. The van der Waals surface area contributed by atoms with Crippen LogP contribution in [-0.4, -0.2) is 79.0 Å². The predicted molar refractivity (Wildman–Crippen MR) is 142 cm³/mol. The molecular weight excluding hydrogens is 524 g/mol. The van der Waals surface area contributed by atoms with Crippen LogP contribution >= 0.6 is 0 Å². The van der Waals surface area contributed by atoms with Crippen LogP contribution in [0.5, 0.6) is 0 Å². The van der Waals surface area contributed by atoms with E-state index in [1.807, 2.05) is 0 Å². The maximum absolute atomic E-state index is 14.3. The zero-order chi connectivity index (χ0) is 27.6. The Balaban J connectivity index is 1.44. The summed E-state index contributed by atoms with van der Waals surface area (Å²) >= 11 is 0. The number of Topliss-reactive ketones (excluding diaryl/α,β-unsaturated/α-hetero) is 1. The normalized spacial score (nSPS) is 23.1. The summed E-state index contributed by atoms with van der Waals surface area (Å²) in [5.41, 5.74) is 0.0678. The molecule has 1 aliphatic carbocycles. The topological polar surface area (TPSA) is 146 Å².